The molecular weight excluding hydrogens is 228 g/mol. The van der Waals surface area contributed by atoms with Gasteiger partial charge in [0, 0.05) is 31.6 Å². The summed E-state index contributed by atoms with van der Waals surface area (Å²) in [4.78, 5) is 13.9. The average molecular weight is 254 g/mol. The Hall–Kier alpha value is -0.610. The van der Waals surface area contributed by atoms with Gasteiger partial charge in [-0.25, -0.2) is 0 Å². The Bertz CT molecular complexity index is 279. The highest BCUT2D eigenvalue weighted by Gasteiger charge is 2.32. The lowest BCUT2D eigenvalue weighted by Gasteiger charge is -2.38. The van der Waals surface area contributed by atoms with Crippen LogP contribution in [0.3, 0.4) is 0 Å². The van der Waals surface area contributed by atoms with Gasteiger partial charge in [-0.3, -0.25) is 4.79 Å². The molecule has 1 aliphatic heterocycles. The van der Waals surface area contributed by atoms with Gasteiger partial charge in [0.15, 0.2) is 0 Å². The molecule has 0 aromatic rings. The molecule has 1 N–H and O–H groups in total. The third-order valence-corrected chi connectivity index (χ3v) is 3.88. The molecule has 0 radical (unpaired) electrons. The molecule has 1 heterocycles. The van der Waals surface area contributed by atoms with E-state index in [9.17, 15) is 4.79 Å². The molecule has 1 aliphatic carbocycles. The first kappa shape index (κ1) is 13.8. The van der Waals surface area contributed by atoms with E-state index in [2.05, 4.69) is 17.1 Å². The van der Waals surface area contributed by atoms with Crippen LogP contribution in [0.15, 0.2) is 0 Å². The van der Waals surface area contributed by atoms with Gasteiger partial charge in [-0.05, 0) is 38.1 Å². The van der Waals surface area contributed by atoms with Crippen LogP contribution in [0.1, 0.15) is 39.0 Å². The zero-order valence-electron chi connectivity index (χ0n) is 11.7. The van der Waals surface area contributed by atoms with Gasteiger partial charge in [-0.1, -0.05) is 6.92 Å². The number of esters is 1. The van der Waals surface area contributed by atoms with E-state index in [0.29, 0.717) is 18.4 Å². The van der Waals surface area contributed by atoms with E-state index >= 15 is 0 Å². The number of rotatable bonds is 6. The van der Waals surface area contributed by atoms with Gasteiger partial charge in [-0.2, -0.15) is 0 Å². The molecule has 18 heavy (non-hydrogen) atoms. The van der Waals surface area contributed by atoms with Crippen molar-refractivity contribution in [1.29, 1.82) is 0 Å². The van der Waals surface area contributed by atoms with Crippen LogP contribution in [0.5, 0.6) is 0 Å². The van der Waals surface area contributed by atoms with Crippen LogP contribution in [0.25, 0.3) is 0 Å². The number of nitrogens with zero attached hydrogens (tertiary/aromatic N) is 1. The molecule has 2 fully saturated rings. The molecule has 4 heteroatoms. The standard InChI is InChI=1S/C14H26N2O2/c1-3-6-16-9-11(8-14(17)18-2)7-13(10-16)15-12-4-5-12/h11-13,15H,3-10H2,1-2H3. The minimum absolute atomic E-state index is 0.0662. The van der Waals surface area contributed by atoms with Crippen molar-refractivity contribution in [3.63, 3.8) is 0 Å². The van der Waals surface area contributed by atoms with E-state index in [1.165, 1.54) is 26.4 Å². The van der Waals surface area contributed by atoms with Gasteiger partial charge in [0.05, 0.1) is 7.11 Å². The smallest absolute Gasteiger partial charge is 0.305 e. The monoisotopic (exact) mass is 254 g/mol. The summed E-state index contributed by atoms with van der Waals surface area (Å²) in [6, 6.07) is 1.31. The molecule has 2 unspecified atom stereocenters. The number of piperidine rings is 1. The topological polar surface area (TPSA) is 41.6 Å². The normalized spacial score (nSPS) is 29.2. The first-order valence-electron chi connectivity index (χ1n) is 7.26. The molecule has 2 rings (SSSR count). The maximum atomic E-state index is 11.4. The Kier molecular flexibility index (Phi) is 5.01. The minimum Gasteiger partial charge on any atom is -0.469 e. The molecule has 4 nitrogen and oxygen atoms in total. The third-order valence-electron chi connectivity index (χ3n) is 3.88. The molecule has 1 saturated heterocycles. The van der Waals surface area contributed by atoms with Crippen molar-refractivity contribution < 1.29 is 9.53 Å². The van der Waals surface area contributed by atoms with Gasteiger partial charge in [0.2, 0.25) is 0 Å². The molecule has 2 atom stereocenters. The average Bonchev–Trinajstić information content (AvgIpc) is 3.13. The van der Waals surface area contributed by atoms with E-state index in [1.54, 1.807) is 0 Å². The predicted molar refractivity (Wildman–Crippen MR) is 71.4 cm³/mol. The van der Waals surface area contributed by atoms with Crippen molar-refractivity contribution >= 4 is 5.97 Å². The quantitative estimate of drug-likeness (QED) is 0.728. The summed E-state index contributed by atoms with van der Waals surface area (Å²) in [5, 5.41) is 3.71. The Morgan fingerprint density at radius 2 is 2.11 bits per heavy atom. The Balaban J connectivity index is 1.85. The highest BCUT2D eigenvalue weighted by atomic mass is 16.5. The van der Waals surface area contributed by atoms with Gasteiger partial charge in [-0.15, -0.1) is 0 Å². The van der Waals surface area contributed by atoms with Crippen molar-refractivity contribution in [2.45, 2.75) is 51.1 Å². The van der Waals surface area contributed by atoms with Crippen LogP contribution in [0.4, 0.5) is 0 Å². The van der Waals surface area contributed by atoms with Crippen molar-refractivity contribution in [3.05, 3.63) is 0 Å². The van der Waals surface area contributed by atoms with Crippen molar-refractivity contribution in [3.8, 4) is 0 Å². The van der Waals surface area contributed by atoms with E-state index in [4.69, 9.17) is 4.74 Å². The molecule has 0 aromatic carbocycles. The van der Waals surface area contributed by atoms with Crippen LogP contribution < -0.4 is 5.32 Å². The number of nitrogens with one attached hydrogen (secondary N) is 1. The summed E-state index contributed by atoms with van der Waals surface area (Å²) in [6.07, 6.45) is 5.52. The molecular formula is C14H26N2O2. The van der Waals surface area contributed by atoms with Crippen LogP contribution in [0.2, 0.25) is 0 Å². The molecule has 0 aromatic heterocycles. The first-order chi connectivity index (χ1) is 8.71. The summed E-state index contributed by atoms with van der Waals surface area (Å²) in [5.41, 5.74) is 0. The maximum Gasteiger partial charge on any atom is 0.305 e. The molecule has 0 amide bonds. The maximum absolute atomic E-state index is 11.4. The Morgan fingerprint density at radius 3 is 2.72 bits per heavy atom. The molecule has 1 saturated carbocycles. The van der Waals surface area contributed by atoms with Gasteiger partial charge in [0.25, 0.3) is 0 Å². The number of hydrogen-bond acceptors (Lipinski definition) is 4. The number of carbonyl (C=O) groups excluding carboxylic acids is 1. The highest BCUT2D eigenvalue weighted by Crippen LogP contribution is 2.25. The lowest BCUT2D eigenvalue weighted by molar-refractivity contribution is -0.142. The first-order valence-corrected chi connectivity index (χ1v) is 7.26. The summed E-state index contributed by atoms with van der Waals surface area (Å²) >= 11 is 0. The second-order valence-electron chi connectivity index (χ2n) is 5.78. The Labute approximate surface area is 110 Å². The van der Waals surface area contributed by atoms with Crippen molar-refractivity contribution in [1.82, 2.24) is 10.2 Å². The second-order valence-corrected chi connectivity index (χ2v) is 5.78. The molecule has 0 spiro atoms. The van der Waals surface area contributed by atoms with Crippen LogP contribution in [0, 0.1) is 5.92 Å². The lowest BCUT2D eigenvalue weighted by atomic mass is 9.91. The predicted octanol–water partition coefficient (Wildman–Crippen LogP) is 1.40. The fourth-order valence-corrected chi connectivity index (χ4v) is 2.97. The number of methoxy groups -OCH3 is 1. The second kappa shape index (κ2) is 6.53. The molecule has 104 valence electrons. The minimum atomic E-state index is -0.0662. The number of carbonyl (C=O) groups is 1. The summed E-state index contributed by atoms with van der Waals surface area (Å²) in [6.45, 7) is 5.54. The summed E-state index contributed by atoms with van der Waals surface area (Å²) in [5.74, 6) is 0.387. The Morgan fingerprint density at radius 1 is 1.33 bits per heavy atom. The SMILES string of the molecule is CCCN1CC(CC(=O)OC)CC(NC2CC2)C1. The zero-order chi connectivity index (χ0) is 13.0. The van der Waals surface area contributed by atoms with Gasteiger partial charge < -0.3 is 15.0 Å². The molecule has 2 aliphatic rings. The fourth-order valence-electron chi connectivity index (χ4n) is 2.97. The van der Waals surface area contributed by atoms with E-state index in [-0.39, 0.29) is 5.97 Å². The summed E-state index contributed by atoms with van der Waals surface area (Å²) in [7, 11) is 1.48. The van der Waals surface area contributed by atoms with Crippen molar-refractivity contribution in [2.24, 2.45) is 5.92 Å². The number of hydrogen-bond donors (Lipinski definition) is 1. The third kappa shape index (κ3) is 4.25. The number of likely N-dealkylation sites (tertiary alicyclic amines) is 1. The zero-order valence-corrected chi connectivity index (χ0v) is 11.7. The summed E-state index contributed by atoms with van der Waals surface area (Å²) < 4.78 is 4.80. The van der Waals surface area contributed by atoms with E-state index < -0.39 is 0 Å². The fraction of sp³-hybridized carbons (Fsp3) is 0.929. The van der Waals surface area contributed by atoms with Crippen molar-refractivity contribution in [2.75, 3.05) is 26.7 Å². The highest BCUT2D eigenvalue weighted by molar-refractivity contribution is 5.69. The largest absolute Gasteiger partial charge is 0.469 e. The van der Waals surface area contributed by atoms with Crippen LogP contribution in [-0.4, -0.2) is 49.7 Å². The van der Waals surface area contributed by atoms with Gasteiger partial charge in [0.1, 0.15) is 0 Å². The van der Waals surface area contributed by atoms with E-state index in [1.807, 2.05) is 0 Å². The number of ether oxygens (including phenoxy) is 1. The lowest BCUT2D eigenvalue weighted by Crippen LogP contribution is -2.50. The van der Waals surface area contributed by atoms with Gasteiger partial charge >= 0.3 is 5.97 Å². The molecule has 0 bridgehead atoms. The van der Waals surface area contributed by atoms with E-state index in [0.717, 1.165) is 32.1 Å². The van der Waals surface area contributed by atoms with Crippen LogP contribution in [-0.2, 0) is 9.53 Å². The van der Waals surface area contributed by atoms with Crippen LogP contribution >= 0.6 is 0 Å².